The number of carbonyl (C=O) groups is 2. The van der Waals surface area contributed by atoms with Gasteiger partial charge in [-0.3, -0.25) is 14.5 Å². The van der Waals surface area contributed by atoms with Crippen LogP contribution in [0, 0.1) is 12.7 Å². The van der Waals surface area contributed by atoms with Gasteiger partial charge in [-0.05, 0) is 74.9 Å². The number of rotatable bonds is 6. The summed E-state index contributed by atoms with van der Waals surface area (Å²) in [6.07, 6.45) is -0.0252. The summed E-state index contributed by atoms with van der Waals surface area (Å²) < 4.78 is 25.1. The number of aliphatic hydroxyl groups is 1. The number of nitrogens with zero attached hydrogens (tertiary/aromatic N) is 1. The molecule has 180 valence electrons. The molecule has 0 aliphatic carbocycles. The molecule has 1 amide bonds. The average Bonchev–Trinajstić information content (AvgIpc) is 3.10. The summed E-state index contributed by atoms with van der Waals surface area (Å²) in [5.41, 5.74) is 1.42. The molecule has 1 atom stereocenters. The minimum atomic E-state index is -0.964. The zero-order valence-corrected chi connectivity index (χ0v) is 19.9. The third-order valence-corrected chi connectivity index (χ3v) is 5.80. The SMILES string of the molecule is COc1ccccc1C1/C(=C(\O)c2ccc(F)c(C)c2)C(=O)C(=O)N1c1ccc(OC(C)C)cc1. The van der Waals surface area contributed by atoms with Gasteiger partial charge in [0.1, 0.15) is 23.1 Å². The van der Waals surface area contributed by atoms with Gasteiger partial charge in [-0.1, -0.05) is 18.2 Å². The van der Waals surface area contributed by atoms with Crippen LogP contribution in [0.4, 0.5) is 10.1 Å². The summed E-state index contributed by atoms with van der Waals surface area (Å²) in [6.45, 7) is 5.37. The van der Waals surface area contributed by atoms with Crippen LogP contribution in [0.3, 0.4) is 0 Å². The van der Waals surface area contributed by atoms with E-state index in [2.05, 4.69) is 0 Å². The molecule has 0 saturated carbocycles. The van der Waals surface area contributed by atoms with Crippen molar-refractivity contribution in [1.82, 2.24) is 0 Å². The van der Waals surface area contributed by atoms with Gasteiger partial charge in [0.05, 0.1) is 24.8 Å². The fourth-order valence-electron chi connectivity index (χ4n) is 4.19. The molecule has 0 bridgehead atoms. The third-order valence-electron chi connectivity index (χ3n) is 5.80. The van der Waals surface area contributed by atoms with E-state index in [1.807, 2.05) is 13.8 Å². The average molecular weight is 476 g/mol. The van der Waals surface area contributed by atoms with Gasteiger partial charge in [0.15, 0.2) is 0 Å². The number of ether oxygens (including phenoxy) is 2. The predicted molar refractivity (Wildman–Crippen MR) is 131 cm³/mol. The molecule has 0 spiro atoms. The van der Waals surface area contributed by atoms with Gasteiger partial charge in [-0.15, -0.1) is 0 Å². The normalized spacial score (nSPS) is 17.2. The minimum absolute atomic E-state index is 0.0252. The Labute approximate surface area is 203 Å². The van der Waals surface area contributed by atoms with Gasteiger partial charge in [0.25, 0.3) is 11.7 Å². The molecule has 1 heterocycles. The highest BCUT2D eigenvalue weighted by molar-refractivity contribution is 6.51. The number of para-hydroxylation sites is 1. The van der Waals surface area contributed by atoms with E-state index in [9.17, 15) is 19.1 Å². The summed E-state index contributed by atoms with van der Waals surface area (Å²) in [6, 6.07) is 16.9. The summed E-state index contributed by atoms with van der Waals surface area (Å²) in [5, 5.41) is 11.2. The molecule has 0 aromatic heterocycles. The number of aryl methyl sites for hydroxylation is 1. The first kappa shape index (κ1) is 24.0. The van der Waals surface area contributed by atoms with Crippen molar-refractivity contribution in [3.63, 3.8) is 0 Å². The highest BCUT2D eigenvalue weighted by atomic mass is 19.1. The highest BCUT2D eigenvalue weighted by Gasteiger charge is 2.48. The molecule has 3 aromatic rings. The van der Waals surface area contributed by atoms with E-state index >= 15 is 0 Å². The van der Waals surface area contributed by atoms with Crippen LogP contribution < -0.4 is 14.4 Å². The van der Waals surface area contributed by atoms with Crippen molar-refractivity contribution in [3.05, 3.63) is 94.8 Å². The maximum absolute atomic E-state index is 13.9. The van der Waals surface area contributed by atoms with Gasteiger partial charge < -0.3 is 14.6 Å². The molecule has 1 N–H and O–H groups in total. The van der Waals surface area contributed by atoms with Crippen LogP contribution in [0.5, 0.6) is 11.5 Å². The Balaban J connectivity index is 1.92. The lowest BCUT2D eigenvalue weighted by molar-refractivity contribution is -0.132. The summed E-state index contributed by atoms with van der Waals surface area (Å²) in [5.74, 6) is -1.39. The Bertz CT molecular complexity index is 1310. The van der Waals surface area contributed by atoms with Gasteiger partial charge in [0.2, 0.25) is 0 Å². The minimum Gasteiger partial charge on any atom is -0.507 e. The number of hydrogen-bond acceptors (Lipinski definition) is 5. The van der Waals surface area contributed by atoms with Crippen molar-refractivity contribution in [2.75, 3.05) is 12.0 Å². The summed E-state index contributed by atoms with van der Waals surface area (Å²) in [7, 11) is 1.49. The first-order valence-corrected chi connectivity index (χ1v) is 11.2. The Kier molecular flexibility index (Phi) is 6.60. The second-order valence-corrected chi connectivity index (χ2v) is 8.54. The quantitative estimate of drug-likeness (QED) is 0.287. The van der Waals surface area contributed by atoms with Crippen molar-refractivity contribution in [2.45, 2.75) is 32.9 Å². The molecule has 1 saturated heterocycles. The van der Waals surface area contributed by atoms with Crippen LogP contribution in [-0.4, -0.2) is 30.0 Å². The van der Waals surface area contributed by atoms with Gasteiger partial charge in [-0.25, -0.2) is 4.39 Å². The van der Waals surface area contributed by atoms with Crippen molar-refractivity contribution in [1.29, 1.82) is 0 Å². The fourth-order valence-corrected chi connectivity index (χ4v) is 4.19. The number of carbonyl (C=O) groups excluding carboxylic acids is 2. The summed E-state index contributed by atoms with van der Waals surface area (Å²) in [4.78, 5) is 28.0. The number of benzene rings is 3. The van der Waals surface area contributed by atoms with E-state index in [-0.39, 0.29) is 23.0 Å². The lowest BCUT2D eigenvalue weighted by Crippen LogP contribution is -2.29. The largest absolute Gasteiger partial charge is 0.507 e. The number of ketones is 1. The third kappa shape index (κ3) is 4.49. The second-order valence-electron chi connectivity index (χ2n) is 8.54. The molecule has 7 heteroatoms. The Morgan fingerprint density at radius 3 is 2.34 bits per heavy atom. The number of methoxy groups -OCH3 is 1. The molecule has 1 unspecified atom stereocenters. The molecular formula is C28H26FNO5. The molecule has 1 aliphatic heterocycles. The first-order valence-electron chi connectivity index (χ1n) is 11.2. The van der Waals surface area contributed by atoms with E-state index < -0.39 is 23.5 Å². The van der Waals surface area contributed by atoms with Crippen molar-refractivity contribution >= 4 is 23.1 Å². The van der Waals surface area contributed by atoms with Crippen LogP contribution in [0.1, 0.15) is 36.6 Å². The molecule has 3 aromatic carbocycles. The molecular weight excluding hydrogens is 449 g/mol. The smallest absolute Gasteiger partial charge is 0.300 e. The lowest BCUT2D eigenvalue weighted by Gasteiger charge is -2.27. The Hall–Kier alpha value is -4.13. The number of amides is 1. The zero-order valence-electron chi connectivity index (χ0n) is 19.9. The zero-order chi connectivity index (χ0) is 25.3. The van der Waals surface area contributed by atoms with Crippen molar-refractivity contribution in [2.24, 2.45) is 0 Å². The maximum atomic E-state index is 13.9. The standard InChI is InChI=1S/C28H26FNO5/c1-16(2)35-20-12-10-19(11-13-20)30-25(21-7-5-6-8-23(21)34-4)24(27(32)28(30)33)26(31)18-9-14-22(29)17(3)15-18/h5-16,25,31H,1-4H3/b26-24+. The van der Waals surface area contributed by atoms with Gasteiger partial charge >= 0.3 is 0 Å². The van der Waals surface area contributed by atoms with Gasteiger partial charge in [0, 0.05) is 16.8 Å². The second kappa shape index (κ2) is 9.62. The van der Waals surface area contributed by atoms with Crippen LogP contribution in [0.15, 0.2) is 72.3 Å². The van der Waals surface area contributed by atoms with E-state index in [0.29, 0.717) is 28.3 Å². The van der Waals surface area contributed by atoms with Crippen LogP contribution in [0.2, 0.25) is 0 Å². The number of aliphatic hydroxyl groups excluding tert-OH is 1. The predicted octanol–water partition coefficient (Wildman–Crippen LogP) is 5.56. The lowest BCUT2D eigenvalue weighted by atomic mass is 9.94. The number of Topliss-reactive ketones (excluding diaryl/α,β-unsaturated/α-hetero) is 1. The molecule has 6 nitrogen and oxygen atoms in total. The van der Waals surface area contributed by atoms with Gasteiger partial charge in [-0.2, -0.15) is 0 Å². The Morgan fingerprint density at radius 2 is 1.71 bits per heavy atom. The van der Waals surface area contributed by atoms with Crippen molar-refractivity contribution in [3.8, 4) is 11.5 Å². The number of hydrogen-bond donors (Lipinski definition) is 1. The fraction of sp³-hybridized carbons (Fsp3) is 0.214. The topological polar surface area (TPSA) is 76.1 Å². The monoisotopic (exact) mass is 475 g/mol. The Morgan fingerprint density at radius 1 is 1.03 bits per heavy atom. The van der Waals surface area contributed by atoms with Crippen LogP contribution in [-0.2, 0) is 9.59 Å². The van der Waals surface area contributed by atoms with E-state index in [4.69, 9.17) is 9.47 Å². The van der Waals surface area contributed by atoms with E-state index in [1.54, 1.807) is 55.5 Å². The molecule has 1 aliphatic rings. The first-order chi connectivity index (χ1) is 16.7. The molecule has 0 radical (unpaired) electrons. The highest BCUT2D eigenvalue weighted by Crippen LogP contribution is 2.45. The van der Waals surface area contributed by atoms with E-state index in [0.717, 1.165) is 0 Å². The molecule has 1 fully saturated rings. The molecule has 35 heavy (non-hydrogen) atoms. The van der Waals surface area contributed by atoms with E-state index in [1.165, 1.54) is 30.2 Å². The number of halogens is 1. The number of anilines is 1. The maximum Gasteiger partial charge on any atom is 0.300 e. The molecule has 4 rings (SSSR count). The summed E-state index contributed by atoms with van der Waals surface area (Å²) >= 11 is 0. The van der Waals surface area contributed by atoms with Crippen LogP contribution in [0.25, 0.3) is 5.76 Å². The van der Waals surface area contributed by atoms with Crippen LogP contribution >= 0.6 is 0 Å². The van der Waals surface area contributed by atoms with Crippen molar-refractivity contribution < 1.29 is 28.6 Å².